The minimum atomic E-state index is -0.682. The lowest BCUT2D eigenvalue weighted by Gasteiger charge is -2.17. The van der Waals surface area contributed by atoms with Gasteiger partial charge in [0.2, 0.25) is 0 Å². The number of halogens is 2. The number of rotatable bonds is 6. The van der Waals surface area contributed by atoms with Gasteiger partial charge in [0.15, 0.2) is 6.61 Å². The molecule has 0 aliphatic heterocycles. The van der Waals surface area contributed by atoms with E-state index in [1.807, 2.05) is 30.5 Å². The fraction of sp³-hybridized carbons (Fsp3) is 0.222. The van der Waals surface area contributed by atoms with Gasteiger partial charge in [-0.3, -0.25) is 4.79 Å². The number of amides is 1. The summed E-state index contributed by atoms with van der Waals surface area (Å²) in [6.45, 7) is 0.0734. The van der Waals surface area contributed by atoms with Crippen molar-refractivity contribution in [3.8, 4) is 0 Å². The van der Waals surface area contributed by atoms with E-state index in [0.717, 1.165) is 10.5 Å². The molecule has 2 aromatic rings. The summed E-state index contributed by atoms with van der Waals surface area (Å²) in [5, 5.41) is 0.595. The van der Waals surface area contributed by atoms with Crippen LogP contribution >= 0.6 is 35.0 Å². The van der Waals surface area contributed by atoms with Gasteiger partial charge in [0.05, 0.1) is 10.6 Å². The average molecular weight is 398 g/mol. The van der Waals surface area contributed by atoms with Crippen LogP contribution in [0.25, 0.3) is 0 Å². The number of benzene rings is 2. The Morgan fingerprint density at radius 1 is 1.12 bits per heavy atom. The number of ether oxygens (including phenoxy) is 1. The molecule has 2 aromatic carbocycles. The molecule has 132 valence electrons. The van der Waals surface area contributed by atoms with Gasteiger partial charge < -0.3 is 9.64 Å². The second kappa shape index (κ2) is 9.13. The summed E-state index contributed by atoms with van der Waals surface area (Å²) in [5.41, 5.74) is 1.13. The Morgan fingerprint density at radius 3 is 2.44 bits per heavy atom. The zero-order valence-corrected chi connectivity index (χ0v) is 16.1. The van der Waals surface area contributed by atoms with Gasteiger partial charge in [0.1, 0.15) is 0 Å². The van der Waals surface area contributed by atoms with E-state index in [9.17, 15) is 9.59 Å². The molecule has 0 radical (unpaired) electrons. The molecule has 0 spiro atoms. The van der Waals surface area contributed by atoms with Gasteiger partial charge in [0, 0.05) is 23.5 Å². The third-order valence-electron chi connectivity index (χ3n) is 3.48. The Hall–Kier alpha value is -1.69. The quantitative estimate of drug-likeness (QED) is 0.530. The van der Waals surface area contributed by atoms with E-state index in [-0.39, 0.29) is 23.1 Å². The molecular weight excluding hydrogens is 381 g/mol. The summed E-state index contributed by atoms with van der Waals surface area (Å²) >= 11 is 13.4. The second-order valence-corrected chi connectivity index (χ2v) is 7.02. The fourth-order valence-electron chi connectivity index (χ4n) is 2.06. The van der Waals surface area contributed by atoms with Crippen molar-refractivity contribution < 1.29 is 14.3 Å². The molecule has 0 aromatic heterocycles. The first-order valence-electron chi connectivity index (χ1n) is 7.39. The molecule has 4 nitrogen and oxygen atoms in total. The monoisotopic (exact) mass is 397 g/mol. The number of likely N-dealkylation sites (N-methyl/N-ethyl adjacent to an activating group) is 1. The van der Waals surface area contributed by atoms with Crippen molar-refractivity contribution in [2.24, 2.45) is 0 Å². The standard InChI is InChI=1S/C18H17Cl2NO3S/c1-21(10-12-3-6-14(25-2)7-4-12)17(22)11-24-18(23)15-9-13(19)5-8-16(15)20/h3-9H,10-11H2,1-2H3. The Bertz CT molecular complexity index is 765. The molecule has 0 saturated heterocycles. The van der Waals surface area contributed by atoms with Crippen LogP contribution in [0.2, 0.25) is 10.0 Å². The number of hydrogen-bond donors (Lipinski definition) is 0. The van der Waals surface area contributed by atoms with Crippen LogP contribution in [-0.2, 0) is 16.1 Å². The zero-order chi connectivity index (χ0) is 18.4. The molecule has 25 heavy (non-hydrogen) atoms. The smallest absolute Gasteiger partial charge is 0.340 e. The summed E-state index contributed by atoms with van der Waals surface area (Å²) in [7, 11) is 1.66. The molecule has 2 rings (SSSR count). The van der Waals surface area contributed by atoms with E-state index in [4.69, 9.17) is 27.9 Å². The van der Waals surface area contributed by atoms with Crippen LogP contribution in [0.5, 0.6) is 0 Å². The van der Waals surface area contributed by atoms with E-state index < -0.39 is 5.97 Å². The number of hydrogen-bond acceptors (Lipinski definition) is 4. The molecule has 0 bridgehead atoms. The molecule has 0 aliphatic carbocycles. The number of carbonyl (C=O) groups excluding carboxylic acids is 2. The third kappa shape index (κ3) is 5.66. The van der Waals surface area contributed by atoms with Crippen LogP contribution in [-0.4, -0.2) is 36.7 Å². The van der Waals surface area contributed by atoms with E-state index in [1.165, 1.54) is 17.0 Å². The highest BCUT2D eigenvalue weighted by molar-refractivity contribution is 7.98. The van der Waals surface area contributed by atoms with Crippen molar-refractivity contribution in [1.82, 2.24) is 4.90 Å². The van der Waals surface area contributed by atoms with E-state index in [1.54, 1.807) is 24.9 Å². The fourth-order valence-corrected chi connectivity index (χ4v) is 2.84. The molecular formula is C18H17Cl2NO3S. The molecule has 7 heteroatoms. The molecule has 0 heterocycles. The first kappa shape index (κ1) is 19.6. The predicted octanol–water partition coefficient (Wildman–Crippen LogP) is 4.53. The second-order valence-electron chi connectivity index (χ2n) is 5.30. The Balaban J connectivity index is 1.90. The number of carbonyl (C=O) groups is 2. The molecule has 0 aliphatic rings. The summed E-state index contributed by atoms with van der Waals surface area (Å²) in [5.74, 6) is -0.987. The van der Waals surface area contributed by atoms with Gasteiger partial charge in [-0.1, -0.05) is 35.3 Å². The molecule has 0 atom stereocenters. The minimum Gasteiger partial charge on any atom is -0.452 e. The van der Waals surface area contributed by atoms with Gasteiger partial charge in [-0.15, -0.1) is 11.8 Å². The number of thioether (sulfide) groups is 1. The maximum atomic E-state index is 12.1. The van der Waals surface area contributed by atoms with Crippen molar-refractivity contribution in [3.05, 3.63) is 63.6 Å². The summed E-state index contributed by atoms with van der Waals surface area (Å²) in [6, 6.07) is 12.4. The van der Waals surface area contributed by atoms with Crippen molar-refractivity contribution in [1.29, 1.82) is 0 Å². The summed E-state index contributed by atoms with van der Waals surface area (Å²) in [6.07, 6.45) is 2.01. The van der Waals surface area contributed by atoms with Crippen molar-refractivity contribution in [2.75, 3.05) is 19.9 Å². The topological polar surface area (TPSA) is 46.6 Å². The van der Waals surface area contributed by atoms with E-state index >= 15 is 0 Å². The molecule has 0 unspecified atom stereocenters. The van der Waals surface area contributed by atoms with Gasteiger partial charge in [-0.2, -0.15) is 0 Å². The van der Waals surface area contributed by atoms with E-state index in [0.29, 0.717) is 11.6 Å². The normalized spacial score (nSPS) is 10.4. The number of esters is 1. The third-order valence-corrected chi connectivity index (χ3v) is 4.79. The first-order chi connectivity index (χ1) is 11.9. The Kier molecular flexibility index (Phi) is 7.17. The summed E-state index contributed by atoms with van der Waals surface area (Å²) < 4.78 is 5.04. The van der Waals surface area contributed by atoms with Crippen LogP contribution < -0.4 is 0 Å². The summed E-state index contributed by atoms with van der Waals surface area (Å²) in [4.78, 5) is 26.8. The lowest BCUT2D eigenvalue weighted by Crippen LogP contribution is -2.30. The Morgan fingerprint density at radius 2 is 1.80 bits per heavy atom. The first-order valence-corrected chi connectivity index (χ1v) is 9.38. The van der Waals surface area contributed by atoms with Crippen LogP contribution in [0.4, 0.5) is 0 Å². The number of nitrogens with zero attached hydrogens (tertiary/aromatic N) is 1. The molecule has 0 saturated carbocycles. The predicted molar refractivity (Wildman–Crippen MR) is 101 cm³/mol. The largest absolute Gasteiger partial charge is 0.452 e. The van der Waals surface area contributed by atoms with Gasteiger partial charge in [0.25, 0.3) is 5.91 Å². The van der Waals surface area contributed by atoms with Gasteiger partial charge >= 0.3 is 5.97 Å². The Labute approximate surface area is 161 Å². The average Bonchev–Trinajstić information content (AvgIpc) is 2.62. The van der Waals surface area contributed by atoms with Crippen LogP contribution in [0, 0.1) is 0 Å². The van der Waals surface area contributed by atoms with Crippen LogP contribution in [0.3, 0.4) is 0 Å². The van der Waals surface area contributed by atoms with Crippen LogP contribution in [0.1, 0.15) is 15.9 Å². The minimum absolute atomic E-state index is 0.136. The highest BCUT2D eigenvalue weighted by atomic mass is 35.5. The molecule has 0 N–H and O–H groups in total. The lowest BCUT2D eigenvalue weighted by atomic mass is 10.2. The highest BCUT2D eigenvalue weighted by Crippen LogP contribution is 2.21. The SMILES string of the molecule is CSc1ccc(CN(C)C(=O)COC(=O)c2cc(Cl)ccc2Cl)cc1. The lowest BCUT2D eigenvalue weighted by molar-refractivity contribution is -0.133. The van der Waals surface area contributed by atoms with Crippen molar-refractivity contribution in [2.45, 2.75) is 11.4 Å². The van der Waals surface area contributed by atoms with Crippen LogP contribution in [0.15, 0.2) is 47.4 Å². The highest BCUT2D eigenvalue weighted by Gasteiger charge is 2.16. The van der Waals surface area contributed by atoms with Gasteiger partial charge in [-0.05, 0) is 42.2 Å². The van der Waals surface area contributed by atoms with Crippen molar-refractivity contribution >= 4 is 46.8 Å². The van der Waals surface area contributed by atoms with E-state index in [2.05, 4.69) is 0 Å². The molecule has 0 fully saturated rings. The molecule has 1 amide bonds. The maximum Gasteiger partial charge on any atom is 0.340 e. The zero-order valence-electron chi connectivity index (χ0n) is 13.8. The van der Waals surface area contributed by atoms with Crippen molar-refractivity contribution in [3.63, 3.8) is 0 Å². The van der Waals surface area contributed by atoms with Gasteiger partial charge in [-0.25, -0.2) is 4.79 Å². The maximum absolute atomic E-state index is 12.1.